The normalized spacial score (nSPS) is 11.3. The fourth-order valence-corrected chi connectivity index (χ4v) is 1.91. The Kier molecular flexibility index (Phi) is 4.85. The molecule has 0 radical (unpaired) electrons. The van der Waals surface area contributed by atoms with Crippen LogP contribution >= 0.6 is 0 Å². The second kappa shape index (κ2) is 6.64. The van der Waals surface area contributed by atoms with Gasteiger partial charge in [-0.2, -0.15) is 18.2 Å². The van der Waals surface area contributed by atoms with Gasteiger partial charge in [-0.15, -0.1) is 0 Å². The summed E-state index contributed by atoms with van der Waals surface area (Å²) >= 11 is 0. The number of benzene rings is 1. The van der Waals surface area contributed by atoms with E-state index in [2.05, 4.69) is 20.6 Å². The van der Waals surface area contributed by atoms with E-state index in [-0.39, 0.29) is 11.8 Å². The number of nitrogens with one attached hydrogen (secondary N) is 2. The predicted octanol–water partition coefficient (Wildman–Crippen LogP) is 3.85. The van der Waals surface area contributed by atoms with Crippen LogP contribution in [0.1, 0.15) is 23.7 Å². The van der Waals surface area contributed by atoms with Crippen molar-refractivity contribution in [1.82, 2.24) is 9.97 Å². The highest BCUT2D eigenvalue weighted by molar-refractivity contribution is 5.44. The number of aryl methyl sites for hydroxylation is 1. The molecule has 1 heterocycles. The highest BCUT2D eigenvalue weighted by Gasteiger charge is 2.33. The number of aromatic nitrogens is 2. The molecule has 2 aromatic rings. The predicted molar refractivity (Wildman–Crippen MR) is 79.7 cm³/mol. The van der Waals surface area contributed by atoms with Crippen molar-refractivity contribution in [1.29, 1.82) is 0 Å². The first-order chi connectivity index (χ1) is 10.4. The lowest BCUT2D eigenvalue weighted by Gasteiger charge is -2.13. The molecule has 0 aliphatic carbocycles. The lowest BCUT2D eigenvalue weighted by molar-refractivity contribution is -0.141. The average Bonchev–Trinajstić information content (AvgIpc) is 2.46. The summed E-state index contributed by atoms with van der Waals surface area (Å²) < 4.78 is 38.6. The van der Waals surface area contributed by atoms with E-state index in [1.165, 1.54) is 0 Å². The van der Waals surface area contributed by atoms with E-state index in [9.17, 15) is 13.2 Å². The molecule has 118 valence electrons. The Morgan fingerprint density at radius 1 is 1.09 bits per heavy atom. The topological polar surface area (TPSA) is 49.8 Å². The van der Waals surface area contributed by atoms with Gasteiger partial charge >= 0.3 is 6.18 Å². The molecule has 0 fully saturated rings. The van der Waals surface area contributed by atoms with Crippen LogP contribution in [0, 0.1) is 6.92 Å². The van der Waals surface area contributed by atoms with Crippen LogP contribution in [0.2, 0.25) is 0 Å². The maximum Gasteiger partial charge on any atom is 0.433 e. The fraction of sp³-hybridized carbons (Fsp3) is 0.333. The second-order valence-corrected chi connectivity index (χ2v) is 4.77. The van der Waals surface area contributed by atoms with Crippen molar-refractivity contribution < 1.29 is 13.2 Å². The van der Waals surface area contributed by atoms with E-state index in [1.807, 2.05) is 31.2 Å². The first-order valence-corrected chi connectivity index (χ1v) is 6.88. The van der Waals surface area contributed by atoms with Gasteiger partial charge in [-0.3, -0.25) is 0 Å². The van der Waals surface area contributed by atoms with E-state index in [0.29, 0.717) is 13.1 Å². The Labute approximate surface area is 126 Å². The molecule has 0 bridgehead atoms. The number of halogens is 3. The molecule has 0 spiro atoms. The summed E-state index contributed by atoms with van der Waals surface area (Å²) in [6.07, 6.45) is -4.51. The summed E-state index contributed by atoms with van der Waals surface area (Å²) in [6.45, 7) is 4.55. The smallest absolute Gasteiger partial charge is 0.366 e. The van der Waals surface area contributed by atoms with Gasteiger partial charge in [-0.05, 0) is 25.0 Å². The van der Waals surface area contributed by atoms with Crippen molar-refractivity contribution in [2.24, 2.45) is 0 Å². The molecule has 0 aliphatic rings. The minimum Gasteiger partial charge on any atom is -0.366 e. The highest BCUT2D eigenvalue weighted by atomic mass is 19.4. The number of anilines is 2. The van der Waals surface area contributed by atoms with Gasteiger partial charge in [0.1, 0.15) is 5.82 Å². The van der Waals surface area contributed by atoms with E-state index in [0.717, 1.165) is 17.2 Å². The summed E-state index contributed by atoms with van der Waals surface area (Å²) in [5.41, 5.74) is 1.09. The minimum atomic E-state index is -4.51. The van der Waals surface area contributed by atoms with Gasteiger partial charge in [-0.25, -0.2) is 4.98 Å². The Bertz CT molecular complexity index is 641. The molecule has 7 heteroatoms. The van der Waals surface area contributed by atoms with Gasteiger partial charge in [0.2, 0.25) is 5.95 Å². The van der Waals surface area contributed by atoms with Gasteiger partial charge in [0, 0.05) is 19.2 Å². The molecule has 1 aromatic heterocycles. The number of nitrogens with zero attached hydrogens (tertiary/aromatic N) is 2. The molecule has 0 saturated heterocycles. The average molecular weight is 310 g/mol. The maximum absolute atomic E-state index is 12.9. The number of alkyl halides is 3. The molecule has 22 heavy (non-hydrogen) atoms. The Morgan fingerprint density at radius 3 is 2.45 bits per heavy atom. The SMILES string of the molecule is CCNc1nc(NCc2ccccc2C)cc(C(F)(F)F)n1. The molecule has 0 atom stereocenters. The molecule has 0 saturated carbocycles. The monoisotopic (exact) mass is 310 g/mol. The first-order valence-electron chi connectivity index (χ1n) is 6.88. The largest absolute Gasteiger partial charge is 0.433 e. The summed E-state index contributed by atoms with van der Waals surface area (Å²) in [5.74, 6) is 0.103. The molecule has 2 N–H and O–H groups in total. The summed E-state index contributed by atoms with van der Waals surface area (Å²) in [7, 11) is 0. The zero-order chi connectivity index (χ0) is 16.2. The first kappa shape index (κ1) is 16.1. The minimum absolute atomic E-state index is 0.0374. The van der Waals surface area contributed by atoms with Crippen LogP contribution in [0.4, 0.5) is 24.9 Å². The molecule has 1 aromatic carbocycles. The zero-order valence-corrected chi connectivity index (χ0v) is 12.3. The van der Waals surface area contributed by atoms with Gasteiger partial charge in [-0.1, -0.05) is 24.3 Å². The van der Waals surface area contributed by atoms with Crippen molar-refractivity contribution in [2.75, 3.05) is 17.2 Å². The van der Waals surface area contributed by atoms with Gasteiger partial charge in [0.15, 0.2) is 5.69 Å². The molecular formula is C15H17F3N4. The highest BCUT2D eigenvalue weighted by Crippen LogP contribution is 2.29. The number of hydrogen-bond donors (Lipinski definition) is 2. The summed E-state index contributed by atoms with van der Waals surface area (Å²) in [5, 5.41) is 5.63. The lowest BCUT2D eigenvalue weighted by Crippen LogP contribution is -2.14. The molecule has 0 amide bonds. The molecule has 4 nitrogen and oxygen atoms in total. The van der Waals surface area contributed by atoms with Crippen LogP contribution in [0.3, 0.4) is 0 Å². The zero-order valence-electron chi connectivity index (χ0n) is 12.3. The summed E-state index contributed by atoms with van der Waals surface area (Å²) in [4.78, 5) is 7.53. The van der Waals surface area contributed by atoms with Crippen LogP contribution in [-0.4, -0.2) is 16.5 Å². The van der Waals surface area contributed by atoms with E-state index in [1.54, 1.807) is 6.92 Å². The van der Waals surface area contributed by atoms with Crippen molar-refractivity contribution in [2.45, 2.75) is 26.6 Å². The Morgan fingerprint density at radius 2 is 1.82 bits per heavy atom. The van der Waals surface area contributed by atoms with Crippen molar-refractivity contribution in [3.05, 3.63) is 47.2 Å². The van der Waals surface area contributed by atoms with Crippen molar-refractivity contribution in [3.8, 4) is 0 Å². The van der Waals surface area contributed by atoms with E-state index in [4.69, 9.17) is 0 Å². The third-order valence-corrected chi connectivity index (χ3v) is 3.07. The second-order valence-electron chi connectivity index (χ2n) is 4.77. The lowest BCUT2D eigenvalue weighted by atomic mass is 10.1. The van der Waals surface area contributed by atoms with Crippen LogP contribution in [0.15, 0.2) is 30.3 Å². The quantitative estimate of drug-likeness (QED) is 0.881. The molecule has 2 rings (SSSR count). The molecule has 0 unspecified atom stereocenters. The van der Waals surface area contributed by atoms with E-state index < -0.39 is 11.9 Å². The third kappa shape index (κ3) is 4.09. The molecule has 0 aliphatic heterocycles. The standard InChI is InChI=1S/C15H17F3N4/c1-3-19-14-21-12(15(16,17)18)8-13(22-14)20-9-11-7-5-4-6-10(11)2/h4-8H,3,9H2,1-2H3,(H2,19,20,21,22). The van der Waals surface area contributed by atoms with Crippen LogP contribution in [0.25, 0.3) is 0 Å². The maximum atomic E-state index is 12.9. The number of hydrogen-bond acceptors (Lipinski definition) is 4. The van der Waals surface area contributed by atoms with Crippen LogP contribution in [0.5, 0.6) is 0 Å². The Balaban J connectivity index is 2.22. The van der Waals surface area contributed by atoms with Crippen molar-refractivity contribution in [3.63, 3.8) is 0 Å². The third-order valence-electron chi connectivity index (χ3n) is 3.07. The molecular weight excluding hydrogens is 293 g/mol. The van der Waals surface area contributed by atoms with Gasteiger partial charge in [0.05, 0.1) is 0 Å². The number of rotatable bonds is 5. The van der Waals surface area contributed by atoms with Crippen LogP contribution < -0.4 is 10.6 Å². The van der Waals surface area contributed by atoms with Crippen molar-refractivity contribution >= 4 is 11.8 Å². The fourth-order valence-electron chi connectivity index (χ4n) is 1.91. The summed E-state index contributed by atoms with van der Waals surface area (Å²) in [6, 6.07) is 8.57. The van der Waals surface area contributed by atoms with Gasteiger partial charge in [0.25, 0.3) is 0 Å². The van der Waals surface area contributed by atoms with Gasteiger partial charge < -0.3 is 10.6 Å². The Hall–Kier alpha value is -2.31. The van der Waals surface area contributed by atoms with E-state index >= 15 is 0 Å². The van der Waals surface area contributed by atoms with Crippen LogP contribution in [-0.2, 0) is 12.7 Å².